The first-order chi connectivity index (χ1) is 4.96. The maximum Gasteiger partial charge on any atom is 0.210 e. The lowest BCUT2D eigenvalue weighted by Crippen LogP contribution is -2.46. The molecule has 1 amide bonds. The van der Waals surface area contributed by atoms with Gasteiger partial charge in [0.2, 0.25) is 6.41 Å². The zero-order chi connectivity index (χ0) is 9.07. The van der Waals surface area contributed by atoms with Crippen molar-refractivity contribution in [2.75, 3.05) is 6.54 Å². The smallest absolute Gasteiger partial charge is 0.210 e. The van der Waals surface area contributed by atoms with Crippen LogP contribution in [0.4, 0.5) is 0 Å². The van der Waals surface area contributed by atoms with Gasteiger partial charge >= 0.3 is 0 Å². The topological polar surface area (TPSA) is 20.3 Å². The highest BCUT2D eigenvalue weighted by Gasteiger charge is 2.27. The number of hydrogen-bond acceptors (Lipinski definition) is 1. The fourth-order valence-electron chi connectivity index (χ4n) is 0.950. The van der Waals surface area contributed by atoms with E-state index in [1.807, 2.05) is 11.8 Å². The molecule has 0 aliphatic heterocycles. The molecular weight excluding hydrogens is 138 g/mol. The molecule has 0 saturated carbocycles. The Kier molecular flexibility index (Phi) is 3.56. The number of carbonyl (C=O) groups excluding carboxylic acids is 1. The molecule has 0 aliphatic rings. The van der Waals surface area contributed by atoms with Crippen LogP contribution in [-0.4, -0.2) is 23.4 Å². The molecule has 0 saturated heterocycles. The minimum Gasteiger partial charge on any atom is -0.340 e. The summed E-state index contributed by atoms with van der Waals surface area (Å²) in [4.78, 5) is 12.4. The van der Waals surface area contributed by atoms with Gasteiger partial charge in [0.25, 0.3) is 0 Å². The molecule has 0 rings (SSSR count). The highest BCUT2D eigenvalue weighted by atomic mass is 16.1. The summed E-state index contributed by atoms with van der Waals surface area (Å²) >= 11 is 0. The van der Waals surface area contributed by atoms with Gasteiger partial charge in [-0.1, -0.05) is 13.8 Å². The normalized spacial score (nSPS) is 11.8. The van der Waals surface area contributed by atoms with Crippen LogP contribution in [-0.2, 0) is 4.79 Å². The third-order valence-corrected chi connectivity index (χ3v) is 2.62. The summed E-state index contributed by atoms with van der Waals surface area (Å²) in [7, 11) is 0. The Balaban J connectivity index is 4.36. The average Bonchev–Trinajstić information content (AvgIpc) is 1.89. The van der Waals surface area contributed by atoms with E-state index in [0.717, 1.165) is 13.0 Å². The fourth-order valence-corrected chi connectivity index (χ4v) is 0.950. The van der Waals surface area contributed by atoms with E-state index >= 15 is 0 Å². The molecule has 0 heterocycles. The highest BCUT2D eigenvalue weighted by molar-refractivity contribution is 5.48. The standard InChI is InChI=1S/C9H19NO/c1-6-10(7-11)9(4,5)8(2)3/h7-8H,6H2,1-5H3. The van der Waals surface area contributed by atoms with Gasteiger partial charge in [-0.2, -0.15) is 0 Å². The zero-order valence-corrected chi connectivity index (χ0v) is 8.22. The number of amides is 1. The molecule has 0 aromatic carbocycles. The van der Waals surface area contributed by atoms with Crippen molar-refractivity contribution < 1.29 is 4.79 Å². The predicted octanol–water partition coefficient (Wildman–Crippen LogP) is 1.90. The maximum atomic E-state index is 10.6. The molecule has 0 atom stereocenters. The lowest BCUT2D eigenvalue weighted by molar-refractivity contribution is -0.124. The van der Waals surface area contributed by atoms with Crippen molar-refractivity contribution in [3.8, 4) is 0 Å². The third-order valence-electron chi connectivity index (χ3n) is 2.62. The van der Waals surface area contributed by atoms with Crippen molar-refractivity contribution in [1.29, 1.82) is 0 Å². The summed E-state index contributed by atoms with van der Waals surface area (Å²) in [6.07, 6.45) is 0.931. The first-order valence-electron chi connectivity index (χ1n) is 4.18. The molecule has 0 aromatic heterocycles. The SMILES string of the molecule is CCN(C=O)C(C)(C)C(C)C. The minimum atomic E-state index is -0.0174. The van der Waals surface area contributed by atoms with Crippen molar-refractivity contribution in [2.45, 2.75) is 40.2 Å². The summed E-state index contributed by atoms with van der Waals surface area (Å²) in [5.74, 6) is 0.493. The van der Waals surface area contributed by atoms with E-state index in [1.165, 1.54) is 0 Å². The molecule has 66 valence electrons. The highest BCUT2D eigenvalue weighted by Crippen LogP contribution is 2.21. The molecule has 0 unspecified atom stereocenters. The van der Waals surface area contributed by atoms with Crippen molar-refractivity contribution in [3.05, 3.63) is 0 Å². The van der Waals surface area contributed by atoms with Gasteiger partial charge in [-0.05, 0) is 26.7 Å². The van der Waals surface area contributed by atoms with Crippen LogP contribution in [0.1, 0.15) is 34.6 Å². The van der Waals surface area contributed by atoms with Gasteiger partial charge in [-0.25, -0.2) is 0 Å². The van der Waals surface area contributed by atoms with Gasteiger partial charge in [0.15, 0.2) is 0 Å². The summed E-state index contributed by atoms with van der Waals surface area (Å²) < 4.78 is 0. The van der Waals surface area contributed by atoms with E-state index in [0.29, 0.717) is 5.92 Å². The molecule has 0 aromatic rings. The first-order valence-corrected chi connectivity index (χ1v) is 4.18. The van der Waals surface area contributed by atoms with Crippen molar-refractivity contribution in [3.63, 3.8) is 0 Å². The van der Waals surface area contributed by atoms with E-state index in [-0.39, 0.29) is 5.54 Å². The first kappa shape index (κ1) is 10.5. The van der Waals surface area contributed by atoms with Gasteiger partial charge in [-0.3, -0.25) is 4.79 Å². The molecule has 0 N–H and O–H groups in total. The Morgan fingerprint density at radius 1 is 1.45 bits per heavy atom. The lowest BCUT2D eigenvalue weighted by atomic mass is 9.89. The summed E-state index contributed by atoms with van der Waals surface area (Å²) in [6, 6.07) is 0. The lowest BCUT2D eigenvalue weighted by Gasteiger charge is -2.38. The van der Waals surface area contributed by atoms with E-state index in [2.05, 4.69) is 27.7 Å². The van der Waals surface area contributed by atoms with Crippen LogP contribution in [0.15, 0.2) is 0 Å². The monoisotopic (exact) mass is 157 g/mol. The maximum absolute atomic E-state index is 10.6. The fraction of sp³-hybridized carbons (Fsp3) is 0.889. The van der Waals surface area contributed by atoms with Gasteiger partial charge in [-0.15, -0.1) is 0 Å². The Bertz CT molecular complexity index is 130. The predicted molar refractivity (Wildman–Crippen MR) is 47.4 cm³/mol. The molecule has 2 heteroatoms. The second-order valence-electron chi connectivity index (χ2n) is 3.70. The molecule has 0 bridgehead atoms. The Morgan fingerprint density at radius 3 is 2.00 bits per heavy atom. The van der Waals surface area contributed by atoms with Crippen LogP contribution >= 0.6 is 0 Å². The molecule has 0 fully saturated rings. The van der Waals surface area contributed by atoms with E-state index in [9.17, 15) is 4.79 Å². The number of nitrogens with zero attached hydrogens (tertiary/aromatic N) is 1. The number of carbonyl (C=O) groups is 1. The van der Waals surface area contributed by atoms with Crippen molar-refractivity contribution in [1.82, 2.24) is 4.90 Å². The summed E-state index contributed by atoms with van der Waals surface area (Å²) in [5, 5.41) is 0. The van der Waals surface area contributed by atoms with Crippen LogP contribution in [0, 0.1) is 5.92 Å². The van der Waals surface area contributed by atoms with Gasteiger partial charge in [0.05, 0.1) is 0 Å². The largest absolute Gasteiger partial charge is 0.340 e. The van der Waals surface area contributed by atoms with Crippen LogP contribution in [0.25, 0.3) is 0 Å². The van der Waals surface area contributed by atoms with Crippen molar-refractivity contribution in [2.24, 2.45) is 5.92 Å². The molecule has 0 aliphatic carbocycles. The van der Waals surface area contributed by atoms with Crippen molar-refractivity contribution >= 4 is 6.41 Å². The number of hydrogen-bond donors (Lipinski definition) is 0. The average molecular weight is 157 g/mol. The quantitative estimate of drug-likeness (QED) is 0.571. The Hall–Kier alpha value is -0.530. The van der Waals surface area contributed by atoms with Gasteiger partial charge in [0.1, 0.15) is 0 Å². The second kappa shape index (κ2) is 3.74. The van der Waals surface area contributed by atoms with Crippen LogP contribution < -0.4 is 0 Å². The summed E-state index contributed by atoms with van der Waals surface area (Å²) in [6.45, 7) is 11.2. The van der Waals surface area contributed by atoms with E-state index < -0.39 is 0 Å². The number of rotatable bonds is 4. The third kappa shape index (κ3) is 2.21. The van der Waals surface area contributed by atoms with Gasteiger partial charge < -0.3 is 4.90 Å². The minimum absolute atomic E-state index is 0.0174. The van der Waals surface area contributed by atoms with Crippen LogP contribution in [0.2, 0.25) is 0 Å². The molecular formula is C9H19NO. The zero-order valence-electron chi connectivity index (χ0n) is 8.22. The Morgan fingerprint density at radius 2 is 1.91 bits per heavy atom. The van der Waals surface area contributed by atoms with E-state index in [1.54, 1.807) is 0 Å². The second-order valence-corrected chi connectivity index (χ2v) is 3.70. The summed E-state index contributed by atoms with van der Waals surface area (Å²) in [5.41, 5.74) is -0.0174. The van der Waals surface area contributed by atoms with E-state index in [4.69, 9.17) is 0 Å². The molecule has 0 spiro atoms. The van der Waals surface area contributed by atoms with Crippen LogP contribution in [0.3, 0.4) is 0 Å². The molecule has 11 heavy (non-hydrogen) atoms. The molecule has 0 radical (unpaired) electrons. The van der Waals surface area contributed by atoms with Gasteiger partial charge in [0, 0.05) is 12.1 Å². The molecule has 2 nitrogen and oxygen atoms in total. The Labute approximate surface area is 69.6 Å². The van der Waals surface area contributed by atoms with Crippen LogP contribution in [0.5, 0.6) is 0 Å².